The number of nitrogens with zero attached hydrogens (tertiary/aromatic N) is 5. The Morgan fingerprint density at radius 2 is 1.97 bits per heavy atom. The van der Waals surface area contributed by atoms with E-state index < -0.39 is 5.60 Å². The van der Waals surface area contributed by atoms with Crippen molar-refractivity contribution in [2.24, 2.45) is 13.0 Å². The Kier molecular flexibility index (Phi) is 5.91. The molecule has 0 aliphatic carbocycles. The SMILES string of the molecule is COC[C@H](C1CCOCC1)n1c2cc(C(C)(C)O)ccc2c2ncc(-c3c(C)nnn3C)cc21. The summed E-state index contributed by atoms with van der Waals surface area (Å²) in [6.07, 6.45) is 3.87. The van der Waals surface area contributed by atoms with Crippen molar-refractivity contribution in [1.82, 2.24) is 24.5 Å². The van der Waals surface area contributed by atoms with Crippen molar-refractivity contribution in [2.75, 3.05) is 26.9 Å². The van der Waals surface area contributed by atoms with Gasteiger partial charge in [0.15, 0.2) is 0 Å². The van der Waals surface area contributed by atoms with Gasteiger partial charge in [-0.2, -0.15) is 0 Å². The van der Waals surface area contributed by atoms with Gasteiger partial charge >= 0.3 is 0 Å². The number of benzene rings is 1. The van der Waals surface area contributed by atoms with Crippen LogP contribution in [0.4, 0.5) is 0 Å². The predicted octanol–water partition coefficient (Wildman–Crippen LogP) is 4.13. The molecule has 0 amide bonds. The third-order valence-electron chi connectivity index (χ3n) is 7.09. The zero-order valence-corrected chi connectivity index (χ0v) is 20.6. The second-order valence-corrected chi connectivity index (χ2v) is 9.87. The molecule has 0 spiro atoms. The molecular formula is C26H33N5O3. The zero-order valence-electron chi connectivity index (χ0n) is 20.6. The third kappa shape index (κ3) is 3.89. The predicted molar refractivity (Wildman–Crippen MR) is 132 cm³/mol. The lowest BCUT2D eigenvalue weighted by atomic mass is 9.91. The van der Waals surface area contributed by atoms with Crippen LogP contribution in [0.1, 0.15) is 44.0 Å². The highest BCUT2D eigenvalue weighted by molar-refractivity contribution is 6.07. The maximum atomic E-state index is 10.8. The van der Waals surface area contributed by atoms with Gasteiger partial charge in [-0.15, -0.1) is 5.10 Å². The summed E-state index contributed by atoms with van der Waals surface area (Å²) >= 11 is 0. The van der Waals surface area contributed by atoms with Crippen LogP contribution in [0.5, 0.6) is 0 Å². The van der Waals surface area contributed by atoms with Crippen LogP contribution in [0.25, 0.3) is 33.2 Å². The Morgan fingerprint density at radius 1 is 1.21 bits per heavy atom. The van der Waals surface area contributed by atoms with E-state index in [1.165, 1.54) is 0 Å². The molecule has 34 heavy (non-hydrogen) atoms. The van der Waals surface area contributed by atoms with Crippen LogP contribution in [0, 0.1) is 12.8 Å². The summed E-state index contributed by atoms with van der Waals surface area (Å²) in [7, 11) is 3.66. The van der Waals surface area contributed by atoms with Gasteiger partial charge in [-0.3, -0.25) is 4.98 Å². The molecule has 0 radical (unpaired) electrons. The molecule has 1 aliphatic heterocycles. The van der Waals surface area contributed by atoms with Crippen LogP contribution in [0.2, 0.25) is 0 Å². The van der Waals surface area contributed by atoms with Crippen molar-refractivity contribution >= 4 is 21.9 Å². The standard InChI is InChI=1S/C26H33N5O3/c1-16-25(30(4)29-28-16)18-12-22-24(27-14-18)20-7-6-19(26(2,3)32)13-21(20)31(22)23(15-33-5)17-8-10-34-11-9-17/h6-7,12-14,17,23,32H,8-11,15H2,1-5H3/t23-/m1/s1. The average Bonchev–Trinajstić information content (AvgIpc) is 3.32. The van der Waals surface area contributed by atoms with Crippen molar-refractivity contribution in [3.63, 3.8) is 0 Å². The van der Waals surface area contributed by atoms with Gasteiger partial charge in [0.25, 0.3) is 0 Å². The van der Waals surface area contributed by atoms with Crippen LogP contribution >= 0.6 is 0 Å². The number of fused-ring (bicyclic) bond motifs is 3. The third-order valence-corrected chi connectivity index (χ3v) is 7.09. The summed E-state index contributed by atoms with van der Waals surface area (Å²) in [5.41, 5.74) is 5.79. The molecule has 5 rings (SSSR count). The zero-order chi connectivity index (χ0) is 24.0. The van der Waals surface area contributed by atoms with Gasteiger partial charge in [0.05, 0.1) is 46.2 Å². The summed E-state index contributed by atoms with van der Waals surface area (Å²) in [6.45, 7) is 7.72. The first-order chi connectivity index (χ1) is 16.3. The highest BCUT2D eigenvalue weighted by Crippen LogP contribution is 2.39. The molecule has 1 saturated heterocycles. The van der Waals surface area contributed by atoms with Gasteiger partial charge in [-0.25, -0.2) is 4.68 Å². The number of pyridine rings is 1. The Labute approximate surface area is 199 Å². The van der Waals surface area contributed by atoms with E-state index in [9.17, 15) is 5.11 Å². The van der Waals surface area contributed by atoms with Crippen molar-refractivity contribution in [3.8, 4) is 11.3 Å². The van der Waals surface area contributed by atoms with E-state index >= 15 is 0 Å². The molecule has 1 aliphatic rings. The van der Waals surface area contributed by atoms with Gasteiger partial charge in [-0.05, 0) is 57.2 Å². The Morgan fingerprint density at radius 3 is 2.62 bits per heavy atom. The minimum Gasteiger partial charge on any atom is -0.386 e. The van der Waals surface area contributed by atoms with E-state index in [1.807, 2.05) is 40.1 Å². The van der Waals surface area contributed by atoms with Gasteiger partial charge in [0.2, 0.25) is 0 Å². The molecule has 0 saturated carbocycles. The fourth-order valence-electron chi connectivity index (χ4n) is 5.32. The van der Waals surface area contributed by atoms with Gasteiger partial charge in [0.1, 0.15) is 0 Å². The Bertz CT molecular complexity index is 1310. The molecule has 180 valence electrons. The van der Waals surface area contributed by atoms with E-state index in [0.717, 1.165) is 70.5 Å². The molecule has 1 atom stereocenters. The number of methoxy groups -OCH3 is 1. The molecule has 0 bridgehead atoms. The number of aliphatic hydroxyl groups is 1. The number of rotatable bonds is 6. The Balaban J connectivity index is 1.81. The average molecular weight is 464 g/mol. The quantitative estimate of drug-likeness (QED) is 0.463. The smallest absolute Gasteiger partial charge is 0.0960 e. The highest BCUT2D eigenvalue weighted by Gasteiger charge is 2.30. The summed E-state index contributed by atoms with van der Waals surface area (Å²) in [5.74, 6) is 0.419. The summed E-state index contributed by atoms with van der Waals surface area (Å²) in [5, 5.41) is 20.2. The molecule has 0 unspecified atom stereocenters. The molecule has 1 aromatic carbocycles. The van der Waals surface area contributed by atoms with Crippen LogP contribution < -0.4 is 0 Å². The van der Waals surface area contributed by atoms with E-state index in [1.54, 1.807) is 11.8 Å². The minimum atomic E-state index is -0.943. The number of aromatic nitrogens is 5. The second-order valence-electron chi connectivity index (χ2n) is 9.87. The lowest BCUT2D eigenvalue weighted by Gasteiger charge is -2.32. The fraction of sp³-hybridized carbons (Fsp3) is 0.500. The normalized spacial score (nSPS) is 16.5. The molecule has 1 N–H and O–H groups in total. The van der Waals surface area contributed by atoms with E-state index in [2.05, 4.69) is 33.1 Å². The second kappa shape index (κ2) is 8.76. The lowest BCUT2D eigenvalue weighted by Crippen LogP contribution is -2.29. The van der Waals surface area contributed by atoms with E-state index in [0.29, 0.717) is 12.5 Å². The Hall–Kier alpha value is -2.81. The maximum Gasteiger partial charge on any atom is 0.0960 e. The first-order valence-electron chi connectivity index (χ1n) is 11.9. The van der Waals surface area contributed by atoms with Crippen LogP contribution in [0.15, 0.2) is 30.5 Å². The number of hydrogen-bond acceptors (Lipinski definition) is 6. The van der Waals surface area contributed by atoms with Gasteiger partial charge in [0, 0.05) is 44.5 Å². The van der Waals surface area contributed by atoms with E-state index in [4.69, 9.17) is 14.5 Å². The largest absolute Gasteiger partial charge is 0.386 e. The van der Waals surface area contributed by atoms with Gasteiger partial charge in [-0.1, -0.05) is 17.3 Å². The molecule has 8 nitrogen and oxygen atoms in total. The highest BCUT2D eigenvalue weighted by atomic mass is 16.5. The maximum absolute atomic E-state index is 10.8. The summed E-state index contributed by atoms with van der Waals surface area (Å²) in [6, 6.07) is 8.50. The van der Waals surface area contributed by atoms with Gasteiger partial charge < -0.3 is 19.1 Å². The topological polar surface area (TPSA) is 87.2 Å². The van der Waals surface area contributed by atoms with Crippen molar-refractivity contribution in [3.05, 3.63) is 41.7 Å². The molecule has 3 aromatic heterocycles. The number of ether oxygens (including phenoxy) is 2. The minimum absolute atomic E-state index is 0.119. The monoisotopic (exact) mass is 463 g/mol. The summed E-state index contributed by atoms with van der Waals surface area (Å²) in [4.78, 5) is 4.93. The van der Waals surface area contributed by atoms with Crippen LogP contribution in [-0.4, -0.2) is 56.6 Å². The van der Waals surface area contributed by atoms with Crippen molar-refractivity contribution in [2.45, 2.75) is 45.3 Å². The first-order valence-corrected chi connectivity index (χ1v) is 11.9. The van der Waals surface area contributed by atoms with Crippen molar-refractivity contribution < 1.29 is 14.6 Å². The number of aryl methyl sites for hydroxylation is 2. The van der Waals surface area contributed by atoms with Crippen molar-refractivity contribution in [1.29, 1.82) is 0 Å². The lowest BCUT2D eigenvalue weighted by molar-refractivity contribution is 0.0311. The molecule has 4 aromatic rings. The summed E-state index contributed by atoms with van der Waals surface area (Å²) < 4.78 is 15.6. The first kappa shape index (κ1) is 23.0. The molecular weight excluding hydrogens is 430 g/mol. The van der Waals surface area contributed by atoms with Crippen LogP contribution in [-0.2, 0) is 22.1 Å². The van der Waals surface area contributed by atoms with E-state index in [-0.39, 0.29) is 6.04 Å². The molecule has 1 fully saturated rings. The molecule has 8 heteroatoms. The molecule has 4 heterocycles. The van der Waals surface area contributed by atoms with Crippen LogP contribution in [0.3, 0.4) is 0 Å². The number of hydrogen-bond donors (Lipinski definition) is 1. The fourth-order valence-corrected chi connectivity index (χ4v) is 5.32.